The lowest BCUT2D eigenvalue weighted by atomic mass is 9.93. The van der Waals surface area contributed by atoms with Gasteiger partial charge in [0, 0.05) is 30.9 Å². The highest BCUT2D eigenvalue weighted by Crippen LogP contribution is 2.27. The van der Waals surface area contributed by atoms with E-state index < -0.39 is 28.1 Å². The molecule has 1 heterocycles. The summed E-state index contributed by atoms with van der Waals surface area (Å²) in [7, 11) is -3.33. The van der Waals surface area contributed by atoms with Crippen molar-refractivity contribution in [1.29, 1.82) is 0 Å². The third-order valence-corrected chi connectivity index (χ3v) is 7.68. The summed E-state index contributed by atoms with van der Waals surface area (Å²) in [5, 5.41) is 15.1. The Kier molecular flexibility index (Phi) is 11.8. The number of amides is 2. The van der Waals surface area contributed by atoms with Gasteiger partial charge in [-0.1, -0.05) is 45.7 Å². The molecule has 0 spiro atoms. The minimum Gasteiger partial charge on any atom is -0.480 e. The number of likely N-dealkylation sites (tertiary alicyclic amines) is 1. The van der Waals surface area contributed by atoms with E-state index in [1.807, 2.05) is 38.1 Å². The van der Waals surface area contributed by atoms with Gasteiger partial charge in [0.2, 0.25) is 10.0 Å². The summed E-state index contributed by atoms with van der Waals surface area (Å²) in [6, 6.07) is 13.7. The quantitative estimate of drug-likeness (QED) is 0.239. The van der Waals surface area contributed by atoms with Crippen LogP contribution in [0.15, 0.2) is 48.5 Å². The van der Waals surface area contributed by atoms with Crippen LogP contribution in [0.2, 0.25) is 0 Å². The highest BCUT2D eigenvalue weighted by Gasteiger charge is 2.30. The summed E-state index contributed by atoms with van der Waals surface area (Å²) in [4.78, 5) is 26.6. The molecule has 0 aromatic heterocycles. The first-order valence-corrected chi connectivity index (χ1v) is 16.2. The molecule has 0 radical (unpaired) electrons. The molecule has 3 atom stereocenters. The number of urea groups is 1. The molecule has 226 valence electrons. The Hall–Kier alpha value is -3.31. The normalized spacial score (nSPS) is 18.5. The van der Waals surface area contributed by atoms with Gasteiger partial charge in [-0.25, -0.2) is 18.0 Å². The zero-order chi connectivity index (χ0) is 30.0. The minimum absolute atomic E-state index is 0.00333. The molecule has 1 aliphatic rings. The number of carboxylic acids is 1. The summed E-state index contributed by atoms with van der Waals surface area (Å²) in [6.07, 6.45) is 6.34. The number of carboxylic acid groups (broad SMARTS) is 1. The van der Waals surface area contributed by atoms with E-state index in [4.69, 9.17) is 4.74 Å². The van der Waals surface area contributed by atoms with E-state index in [-0.39, 0.29) is 12.0 Å². The summed E-state index contributed by atoms with van der Waals surface area (Å²) in [5.41, 5.74) is 1.64. The Morgan fingerprint density at radius 3 is 2.27 bits per heavy atom. The molecule has 2 aromatic carbocycles. The second kappa shape index (κ2) is 15.1. The molecule has 10 nitrogen and oxygen atoms in total. The lowest BCUT2D eigenvalue weighted by Gasteiger charge is -2.40. The molecule has 2 aromatic rings. The molecule has 1 saturated heterocycles. The molecule has 1 aliphatic heterocycles. The molecule has 11 heteroatoms. The van der Waals surface area contributed by atoms with Crippen LogP contribution in [0.25, 0.3) is 0 Å². The second-order valence-corrected chi connectivity index (χ2v) is 13.0. The van der Waals surface area contributed by atoms with Gasteiger partial charge in [0.1, 0.15) is 17.5 Å². The van der Waals surface area contributed by atoms with E-state index in [1.54, 1.807) is 24.3 Å². The highest BCUT2D eigenvalue weighted by atomic mass is 32.2. The van der Waals surface area contributed by atoms with Crippen LogP contribution >= 0.6 is 0 Å². The minimum atomic E-state index is -3.33. The van der Waals surface area contributed by atoms with Gasteiger partial charge in [0.15, 0.2) is 0 Å². The van der Waals surface area contributed by atoms with Crippen LogP contribution in [0.5, 0.6) is 11.5 Å². The van der Waals surface area contributed by atoms with Crippen LogP contribution in [0.1, 0.15) is 64.9 Å². The van der Waals surface area contributed by atoms with Crippen molar-refractivity contribution in [3.63, 3.8) is 0 Å². The lowest BCUT2D eigenvalue weighted by molar-refractivity contribution is -0.139. The molecule has 0 bridgehead atoms. The molecular formula is C30H44N4O6S. The smallest absolute Gasteiger partial charge is 0.326 e. The molecule has 41 heavy (non-hydrogen) atoms. The summed E-state index contributed by atoms with van der Waals surface area (Å²) >= 11 is 0. The van der Waals surface area contributed by atoms with Gasteiger partial charge in [-0.15, -0.1) is 0 Å². The molecule has 3 rings (SSSR count). The SMILES string of the molecule is CCCCC1CC(NC(=O)NC(CC(C)C)C(=O)O)CCN1Cc1ccc(Oc2ccc(NS(C)(=O)=O)cc2)cc1. The molecule has 0 saturated carbocycles. The van der Waals surface area contributed by atoms with Crippen molar-refractivity contribution >= 4 is 27.7 Å². The third kappa shape index (κ3) is 11.2. The van der Waals surface area contributed by atoms with E-state index >= 15 is 0 Å². The van der Waals surface area contributed by atoms with Gasteiger partial charge in [0.25, 0.3) is 0 Å². The molecule has 0 aliphatic carbocycles. The zero-order valence-corrected chi connectivity index (χ0v) is 25.2. The third-order valence-electron chi connectivity index (χ3n) is 7.08. The molecule has 1 fully saturated rings. The Morgan fingerprint density at radius 2 is 1.71 bits per heavy atom. The number of benzene rings is 2. The largest absolute Gasteiger partial charge is 0.480 e. The summed E-state index contributed by atoms with van der Waals surface area (Å²) < 4.78 is 31.1. The van der Waals surface area contributed by atoms with E-state index in [9.17, 15) is 23.1 Å². The van der Waals surface area contributed by atoms with Gasteiger partial charge in [-0.05, 0) is 73.6 Å². The number of piperidine rings is 1. The number of hydrogen-bond donors (Lipinski definition) is 4. The fraction of sp³-hybridized carbons (Fsp3) is 0.533. The average molecular weight is 589 g/mol. The summed E-state index contributed by atoms with van der Waals surface area (Å²) in [6.45, 7) is 7.66. The van der Waals surface area contributed by atoms with Crippen molar-refractivity contribution in [3.8, 4) is 11.5 Å². The zero-order valence-electron chi connectivity index (χ0n) is 24.4. The van der Waals surface area contributed by atoms with Crippen molar-refractivity contribution in [2.45, 2.75) is 84.0 Å². The van der Waals surface area contributed by atoms with Crippen LogP contribution in [0, 0.1) is 5.92 Å². The predicted molar refractivity (Wildman–Crippen MR) is 161 cm³/mol. The van der Waals surface area contributed by atoms with Crippen LogP contribution in [-0.2, 0) is 21.4 Å². The maximum atomic E-state index is 12.6. The Balaban J connectivity index is 1.55. The van der Waals surface area contributed by atoms with Crippen LogP contribution in [-0.4, -0.2) is 61.4 Å². The number of carbonyl (C=O) groups excluding carboxylic acids is 1. The lowest BCUT2D eigenvalue weighted by Crippen LogP contribution is -2.54. The number of aliphatic carboxylic acids is 1. The number of rotatable bonds is 14. The number of unbranched alkanes of at least 4 members (excludes halogenated alkanes) is 1. The fourth-order valence-electron chi connectivity index (χ4n) is 5.10. The monoisotopic (exact) mass is 588 g/mol. The van der Waals surface area contributed by atoms with Gasteiger partial charge in [-0.3, -0.25) is 9.62 Å². The first-order chi connectivity index (χ1) is 19.4. The summed E-state index contributed by atoms with van der Waals surface area (Å²) in [5.74, 6) is 0.442. The predicted octanol–water partition coefficient (Wildman–Crippen LogP) is 5.17. The first kappa shape index (κ1) is 32.2. The number of sulfonamides is 1. The number of carbonyl (C=O) groups is 2. The average Bonchev–Trinajstić information content (AvgIpc) is 2.89. The molecule has 4 N–H and O–H groups in total. The number of ether oxygens (including phenoxy) is 1. The van der Waals surface area contributed by atoms with E-state index in [0.717, 1.165) is 57.0 Å². The van der Waals surface area contributed by atoms with Gasteiger partial charge in [-0.2, -0.15) is 0 Å². The highest BCUT2D eigenvalue weighted by molar-refractivity contribution is 7.92. The van der Waals surface area contributed by atoms with Crippen molar-refractivity contribution in [3.05, 3.63) is 54.1 Å². The van der Waals surface area contributed by atoms with Crippen molar-refractivity contribution in [1.82, 2.24) is 15.5 Å². The van der Waals surface area contributed by atoms with Crippen LogP contribution < -0.4 is 20.1 Å². The Bertz CT molecular complexity index is 1230. The topological polar surface area (TPSA) is 137 Å². The van der Waals surface area contributed by atoms with Crippen molar-refractivity contribution in [2.75, 3.05) is 17.5 Å². The van der Waals surface area contributed by atoms with Crippen LogP contribution in [0.3, 0.4) is 0 Å². The number of anilines is 1. The van der Waals surface area contributed by atoms with Crippen LogP contribution in [0.4, 0.5) is 10.5 Å². The molecular weight excluding hydrogens is 544 g/mol. The van der Waals surface area contributed by atoms with E-state index in [1.165, 1.54) is 0 Å². The molecule has 3 unspecified atom stereocenters. The number of nitrogens with one attached hydrogen (secondary N) is 3. The maximum absolute atomic E-state index is 12.6. The fourth-order valence-corrected chi connectivity index (χ4v) is 5.66. The van der Waals surface area contributed by atoms with E-state index in [0.29, 0.717) is 29.6 Å². The molecule has 2 amide bonds. The Labute approximate surface area is 243 Å². The number of hydrogen-bond acceptors (Lipinski definition) is 6. The van der Waals surface area contributed by atoms with Crippen molar-refractivity contribution < 1.29 is 27.9 Å². The Morgan fingerprint density at radius 1 is 1.07 bits per heavy atom. The van der Waals surface area contributed by atoms with Gasteiger partial charge < -0.3 is 20.5 Å². The van der Waals surface area contributed by atoms with Gasteiger partial charge >= 0.3 is 12.0 Å². The first-order valence-electron chi connectivity index (χ1n) is 14.3. The van der Waals surface area contributed by atoms with Crippen molar-refractivity contribution in [2.24, 2.45) is 5.92 Å². The van der Waals surface area contributed by atoms with E-state index in [2.05, 4.69) is 27.2 Å². The number of nitrogens with zero attached hydrogens (tertiary/aromatic N) is 1. The van der Waals surface area contributed by atoms with Gasteiger partial charge in [0.05, 0.1) is 6.26 Å². The second-order valence-electron chi connectivity index (χ2n) is 11.3. The standard InChI is InChI=1S/C30H44N4O6S/c1-5-6-7-25-19-24(31-30(37)32-28(29(35)36)18-21(2)3)16-17-34(25)20-22-8-12-26(13-9-22)40-27-14-10-23(11-15-27)33-41(4,38)39/h8-15,21,24-25,28,33H,5-7,16-20H2,1-4H3,(H,35,36)(H2,31,32,37). The maximum Gasteiger partial charge on any atom is 0.326 e.